The first-order valence-corrected chi connectivity index (χ1v) is 3.75. The third kappa shape index (κ3) is 0.972. The summed E-state index contributed by atoms with van der Waals surface area (Å²) in [5.41, 5.74) is -0.463. The molecule has 0 aromatic carbocycles. The van der Waals surface area contributed by atoms with E-state index in [4.69, 9.17) is 9.84 Å². The van der Waals surface area contributed by atoms with Gasteiger partial charge in [0.15, 0.2) is 5.78 Å². The highest BCUT2D eigenvalue weighted by Gasteiger charge is 2.51. The van der Waals surface area contributed by atoms with E-state index in [0.29, 0.717) is 19.5 Å². The van der Waals surface area contributed by atoms with Crippen molar-refractivity contribution in [3.8, 4) is 0 Å². The monoisotopic (exact) mass is 171 g/mol. The second kappa shape index (κ2) is 2.20. The molecular weight excluding hydrogens is 162 g/mol. The number of carbonyl (C=O) groups excluding carboxylic acids is 1. The van der Waals surface area contributed by atoms with Gasteiger partial charge in [0.05, 0.1) is 13.1 Å². The van der Waals surface area contributed by atoms with Crippen LogP contribution in [0.25, 0.3) is 0 Å². The van der Waals surface area contributed by atoms with Crippen molar-refractivity contribution in [1.82, 2.24) is 4.90 Å². The van der Waals surface area contributed by atoms with Crippen LogP contribution in [0.1, 0.15) is 6.42 Å². The fourth-order valence-corrected chi connectivity index (χ4v) is 1.68. The van der Waals surface area contributed by atoms with Crippen LogP contribution in [0.15, 0.2) is 0 Å². The van der Waals surface area contributed by atoms with Crippen LogP contribution in [0, 0.1) is 0 Å². The molecule has 2 aliphatic rings. The van der Waals surface area contributed by atoms with Gasteiger partial charge in [-0.2, -0.15) is 0 Å². The Balaban J connectivity index is 1.95. The van der Waals surface area contributed by atoms with Crippen molar-refractivity contribution in [3.05, 3.63) is 0 Å². The van der Waals surface area contributed by atoms with E-state index in [1.54, 1.807) is 0 Å². The fraction of sp³-hybridized carbons (Fsp3) is 0.714. The molecule has 0 bridgehead atoms. The van der Waals surface area contributed by atoms with Gasteiger partial charge in [-0.1, -0.05) is 0 Å². The van der Waals surface area contributed by atoms with Crippen LogP contribution in [0.2, 0.25) is 0 Å². The summed E-state index contributed by atoms with van der Waals surface area (Å²) in [7, 11) is 0. The summed E-state index contributed by atoms with van der Waals surface area (Å²) in [6.07, 6.45) is -0.569. The first-order chi connectivity index (χ1) is 5.61. The van der Waals surface area contributed by atoms with E-state index in [0.717, 1.165) is 0 Å². The average Bonchev–Trinajstić information content (AvgIpc) is 2.27. The molecule has 0 radical (unpaired) electrons. The lowest BCUT2D eigenvalue weighted by molar-refractivity contribution is -0.118. The second-order valence-corrected chi connectivity index (χ2v) is 3.33. The van der Waals surface area contributed by atoms with Crippen LogP contribution in [0.4, 0.5) is 4.79 Å². The lowest BCUT2D eigenvalue weighted by Crippen LogP contribution is -2.62. The first-order valence-electron chi connectivity index (χ1n) is 3.75. The van der Waals surface area contributed by atoms with Crippen LogP contribution < -0.4 is 0 Å². The molecule has 5 heteroatoms. The standard InChI is InChI=1S/C7H9NO4/c9-5-1-7(12-2-5)3-8(4-7)6(10)11/h1-4H2,(H,10,11). The minimum Gasteiger partial charge on any atom is -0.465 e. The van der Waals surface area contributed by atoms with Gasteiger partial charge in [0.25, 0.3) is 0 Å². The summed E-state index contributed by atoms with van der Waals surface area (Å²) in [5.74, 6) is 0.0695. The maximum Gasteiger partial charge on any atom is 0.407 e. The Morgan fingerprint density at radius 2 is 2.25 bits per heavy atom. The van der Waals surface area contributed by atoms with Crippen LogP contribution in [-0.4, -0.2) is 47.2 Å². The molecule has 1 amide bonds. The Kier molecular flexibility index (Phi) is 1.38. The third-order valence-corrected chi connectivity index (χ3v) is 2.29. The van der Waals surface area contributed by atoms with Crippen molar-refractivity contribution in [3.63, 3.8) is 0 Å². The van der Waals surface area contributed by atoms with E-state index in [1.807, 2.05) is 0 Å². The molecule has 2 heterocycles. The molecule has 0 unspecified atom stereocenters. The Labute approximate surface area is 68.9 Å². The third-order valence-electron chi connectivity index (χ3n) is 2.29. The normalized spacial score (nSPS) is 26.0. The summed E-state index contributed by atoms with van der Waals surface area (Å²) in [5, 5.41) is 8.53. The van der Waals surface area contributed by atoms with E-state index < -0.39 is 11.7 Å². The van der Waals surface area contributed by atoms with Gasteiger partial charge in [0.1, 0.15) is 12.2 Å². The topological polar surface area (TPSA) is 66.8 Å². The molecule has 2 fully saturated rings. The molecule has 0 atom stereocenters. The SMILES string of the molecule is O=C1COC2(C1)CN(C(=O)O)C2. The summed E-state index contributed by atoms with van der Waals surface area (Å²) in [6, 6.07) is 0. The molecule has 12 heavy (non-hydrogen) atoms. The molecule has 66 valence electrons. The lowest BCUT2D eigenvalue weighted by atomic mass is 9.91. The summed E-state index contributed by atoms with van der Waals surface area (Å²) in [6.45, 7) is 0.829. The highest BCUT2D eigenvalue weighted by atomic mass is 16.5. The highest BCUT2D eigenvalue weighted by Crippen LogP contribution is 2.33. The van der Waals surface area contributed by atoms with Gasteiger partial charge in [-0.15, -0.1) is 0 Å². The molecule has 0 aliphatic carbocycles. The second-order valence-electron chi connectivity index (χ2n) is 3.33. The molecule has 2 saturated heterocycles. The molecule has 1 N–H and O–H groups in total. The number of hydrogen-bond acceptors (Lipinski definition) is 3. The smallest absolute Gasteiger partial charge is 0.407 e. The van der Waals surface area contributed by atoms with Crippen LogP contribution >= 0.6 is 0 Å². The summed E-state index contributed by atoms with van der Waals surface area (Å²) >= 11 is 0. The van der Waals surface area contributed by atoms with Crippen molar-refractivity contribution in [2.24, 2.45) is 0 Å². The van der Waals surface area contributed by atoms with Crippen molar-refractivity contribution >= 4 is 11.9 Å². The van der Waals surface area contributed by atoms with Crippen molar-refractivity contribution in [2.45, 2.75) is 12.0 Å². The zero-order chi connectivity index (χ0) is 8.77. The number of hydrogen-bond donors (Lipinski definition) is 1. The summed E-state index contributed by atoms with van der Waals surface area (Å²) < 4.78 is 5.21. The fourth-order valence-electron chi connectivity index (χ4n) is 1.68. The first kappa shape index (κ1) is 7.54. The number of rotatable bonds is 0. The predicted octanol–water partition coefficient (Wildman–Crippen LogP) is -0.292. The van der Waals surface area contributed by atoms with Gasteiger partial charge in [0, 0.05) is 6.42 Å². The molecule has 0 saturated carbocycles. The van der Waals surface area contributed by atoms with E-state index in [1.165, 1.54) is 4.90 Å². The van der Waals surface area contributed by atoms with Gasteiger partial charge < -0.3 is 14.7 Å². The number of carbonyl (C=O) groups is 2. The number of nitrogens with zero attached hydrogens (tertiary/aromatic N) is 1. The summed E-state index contributed by atoms with van der Waals surface area (Å²) in [4.78, 5) is 22.5. The number of likely N-dealkylation sites (tertiary alicyclic amines) is 1. The van der Waals surface area contributed by atoms with Gasteiger partial charge in [-0.05, 0) is 0 Å². The zero-order valence-electron chi connectivity index (χ0n) is 6.45. The molecule has 2 aliphatic heterocycles. The lowest BCUT2D eigenvalue weighted by Gasteiger charge is -2.44. The predicted molar refractivity (Wildman–Crippen MR) is 37.9 cm³/mol. The molecular formula is C7H9NO4. The van der Waals surface area contributed by atoms with Crippen LogP contribution in [0.5, 0.6) is 0 Å². The maximum absolute atomic E-state index is 10.8. The van der Waals surface area contributed by atoms with Gasteiger partial charge in [-0.3, -0.25) is 4.79 Å². The minimum absolute atomic E-state index is 0.0695. The van der Waals surface area contributed by atoms with E-state index in [9.17, 15) is 9.59 Å². The van der Waals surface area contributed by atoms with Crippen LogP contribution in [-0.2, 0) is 9.53 Å². The quantitative estimate of drug-likeness (QED) is 0.543. The molecule has 0 aromatic heterocycles. The van der Waals surface area contributed by atoms with Gasteiger partial charge in [-0.25, -0.2) is 4.79 Å². The van der Waals surface area contributed by atoms with Crippen molar-refractivity contribution in [2.75, 3.05) is 19.7 Å². The average molecular weight is 171 g/mol. The largest absolute Gasteiger partial charge is 0.465 e. The Morgan fingerprint density at radius 1 is 1.58 bits per heavy atom. The van der Waals surface area contributed by atoms with Crippen LogP contribution in [0.3, 0.4) is 0 Å². The van der Waals surface area contributed by atoms with Crippen molar-refractivity contribution < 1.29 is 19.4 Å². The highest BCUT2D eigenvalue weighted by molar-refractivity contribution is 5.83. The van der Waals surface area contributed by atoms with E-state index in [2.05, 4.69) is 0 Å². The Hall–Kier alpha value is -1.10. The number of Topliss-reactive ketones (excluding diaryl/α,β-unsaturated/α-hetero) is 1. The van der Waals surface area contributed by atoms with Crippen molar-refractivity contribution in [1.29, 1.82) is 0 Å². The zero-order valence-corrected chi connectivity index (χ0v) is 6.45. The number of ketones is 1. The molecule has 1 spiro atoms. The number of ether oxygens (including phenoxy) is 1. The van der Waals surface area contributed by atoms with Gasteiger partial charge >= 0.3 is 6.09 Å². The minimum atomic E-state index is -0.941. The molecule has 2 rings (SSSR count). The maximum atomic E-state index is 10.8. The molecule has 5 nitrogen and oxygen atoms in total. The Bertz CT molecular complexity index is 244. The number of carboxylic acid groups (broad SMARTS) is 1. The Morgan fingerprint density at radius 3 is 2.67 bits per heavy atom. The van der Waals surface area contributed by atoms with E-state index in [-0.39, 0.29) is 12.4 Å². The molecule has 0 aromatic rings. The number of amides is 1. The van der Waals surface area contributed by atoms with Gasteiger partial charge in [0.2, 0.25) is 0 Å². The van der Waals surface area contributed by atoms with E-state index >= 15 is 0 Å².